The van der Waals surface area contributed by atoms with Crippen molar-refractivity contribution in [3.05, 3.63) is 35.4 Å². The van der Waals surface area contributed by atoms with Crippen molar-refractivity contribution in [2.24, 2.45) is 0 Å². The van der Waals surface area contributed by atoms with E-state index in [9.17, 15) is 4.79 Å². The quantitative estimate of drug-likeness (QED) is 0.530. The van der Waals surface area contributed by atoms with Crippen LogP contribution in [0.2, 0.25) is 0 Å². The molecule has 0 fully saturated rings. The molecule has 1 atom stereocenters. The van der Waals surface area contributed by atoms with Crippen LogP contribution in [0.5, 0.6) is 0 Å². The Morgan fingerprint density at radius 1 is 1.31 bits per heavy atom. The molecule has 0 radical (unpaired) electrons. The summed E-state index contributed by atoms with van der Waals surface area (Å²) in [5, 5.41) is 0. The highest BCUT2D eigenvalue weighted by Gasteiger charge is 1.99. The number of benzene rings is 1. The van der Waals surface area contributed by atoms with Crippen molar-refractivity contribution in [1.29, 1.82) is 0 Å². The fourth-order valence-electron chi connectivity index (χ4n) is 1.26. The van der Waals surface area contributed by atoms with Crippen LogP contribution in [-0.4, -0.2) is 12.9 Å². The zero-order chi connectivity index (χ0) is 9.52. The summed E-state index contributed by atoms with van der Waals surface area (Å²) in [5.41, 5.74) is 2.29. The first-order chi connectivity index (χ1) is 6.38. The van der Waals surface area contributed by atoms with Crippen LogP contribution in [0.3, 0.4) is 0 Å². The second-order valence-corrected chi connectivity index (χ2v) is 3.09. The Labute approximate surface area is 80.6 Å². The number of carbonyl (C=O) groups excluding carboxylic acids is 1. The number of rotatable bonds is 5. The van der Waals surface area contributed by atoms with Crippen molar-refractivity contribution in [2.75, 3.05) is 6.61 Å². The van der Waals surface area contributed by atoms with E-state index in [1.165, 1.54) is 5.56 Å². The summed E-state index contributed by atoms with van der Waals surface area (Å²) in [5.74, 6) is 0. The van der Waals surface area contributed by atoms with Gasteiger partial charge in [0, 0.05) is 15.9 Å². The summed E-state index contributed by atoms with van der Waals surface area (Å²) in [6.45, 7) is 0.667. The molecule has 1 aromatic carbocycles. The highest BCUT2D eigenvalue weighted by atomic mass is 31.0. The molecule has 0 N–H and O–H groups in total. The Bertz CT molecular complexity index is 273. The Balaban J connectivity index is 2.71. The van der Waals surface area contributed by atoms with Crippen LogP contribution in [-0.2, 0) is 22.2 Å². The van der Waals surface area contributed by atoms with Gasteiger partial charge in [0.15, 0.2) is 0 Å². The van der Waals surface area contributed by atoms with E-state index in [1.54, 1.807) is 0 Å². The van der Waals surface area contributed by atoms with E-state index < -0.39 is 0 Å². The van der Waals surface area contributed by atoms with Gasteiger partial charge in [0.05, 0.1) is 6.61 Å². The van der Waals surface area contributed by atoms with Crippen molar-refractivity contribution < 1.29 is 9.32 Å². The molecule has 0 aromatic heterocycles. The van der Waals surface area contributed by atoms with Gasteiger partial charge in [-0.25, -0.2) is 0 Å². The first-order valence-electron chi connectivity index (χ1n) is 4.20. The molecule has 0 amide bonds. The molecule has 0 saturated heterocycles. The smallest absolute Gasteiger partial charge is 0.124 e. The summed E-state index contributed by atoms with van der Waals surface area (Å²) < 4.78 is 4.91. The minimum Gasteiger partial charge on any atom is -0.365 e. The van der Waals surface area contributed by atoms with Gasteiger partial charge in [-0.15, -0.1) is 0 Å². The summed E-state index contributed by atoms with van der Waals surface area (Å²) >= 11 is 0. The lowest BCUT2D eigenvalue weighted by Crippen LogP contribution is -1.98. The highest BCUT2D eigenvalue weighted by Crippen LogP contribution is 2.10. The lowest BCUT2D eigenvalue weighted by atomic mass is 10.0. The minimum atomic E-state index is 0.493. The van der Waals surface area contributed by atoms with Crippen LogP contribution < -0.4 is 0 Å². The molecule has 1 rings (SSSR count). The van der Waals surface area contributed by atoms with E-state index in [-0.39, 0.29) is 0 Å². The van der Waals surface area contributed by atoms with Crippen molar-refractivity contribution in [2.45, 2.75) is 12.8 Å². The maximum Gasteiger partial charge on any atom is 0.124 e. The lowest BCUT2D eigenvalue weighted by molar-refractivity contribution is -0.107. The summed E-state index contributed by atoms with van der Waals surface area (Å²) in [6, 6.07) is 7.94. The molecule has 2 nitrogen and oxygen atoms in total. The molecule has 0 aliphatic heterocycles. The third-order valence-electron chi connectivity index (χ3n) is 1.91. The number of carbonyl (C=O) groups is 1. The lowest BCUT2D eigenvalue weighted by Gasteiger charge is -2.05. The molecule has 13 heavy (non-hydrogen) atoms. The first kappa shape index (κ1) is 10.4. The fraction of sp³-hybridized carbons (Fsp3) is 0.300. The topological polar surface area (TPSA) is 26.3 Å². The summed E-state index contributed by atoms with van der Waals surface area (Å²) in [4.78, 5) is 10.4. The number of hydrogen-bond donors (Lipinski definition) is 0. The van der Waals surface area contributed by atoms with Gasteiger partial charge in [-0.3, -0.25) is 0 Å². The zero-order valence-electron chi connectivity index (χ0n) is 7.40. The third-order valence-corrected chi connectivity index (χ3v) is 2.15. The second-order valence-electron chi connectivity index (χ2n) is 2.76. The maximum atomic E-state index is 10.4. The first-order valence-corrected chi connectivity index (χ1v) is 4.67. The van der Waals surface area contributed by atoms with Crippen molar-refractivity contribution in [3.8, 4) is 0 Å². The highest BCUT2D eigenvalue weighted by molar-refractivity contribution is 7.09. The molecule has 70 valence electrons. The van der Waals surface area contributed by atoms with Crippen LogP contribution in [0.4, 0.5) is 0 Å². The van der Waals surface area contributed by atoms with Crippen LogP contribution in [0.1, 0.15) is 11.1 Å². The van der Waals surface area contributed by atoms with Gasteiger partial charge in [-0.2, -0.15) is 0 Å². The van der Waals surface area contributed by atoms with Crippen LogP contribution in [0.25, 0.3) is 0 Å². The van der Waals surface area contributed by atoms with Gasteiger partial charge in [0.1, 0.15) is 6.29 Å². The second kappa shape index (κ2) is 5.85. The summed E-state index contributed by atoms with van der Waals surface area (Å²) in [6.07, 6.45) is 2.28. The maximum absolute atomic E-state index is 10.4. The molecule has 1 unspecified atom stereocenters. The number of aldehydes is 1. The van der Waals surface area contributed by atoms with Crippen LogP contribution >= 0.6 is 9.47 Å². The Morgan fingerprint density at radius 2 is 2.00 bits per heavy atom. The van der Waals surface area contributed by atoms with E-state index in [4.69, 9.17) is 4.52 Å². The van der Waals surface area contributed by atoms with Crippen LogP contribution in [0.15, 0.2) is 24.3 Å². The van der Waals surface area contributed by atoms with Crippen molar-refractivity contribution >= 4 is 15.8 Å². The van der Waals surface area contributed by atoms with E-state index in [0.29, 0.717) is 13.0 Å². The van der Waals surface area contributed by atoms with Gasteiger partial charge in [-0.05, 0) is 17.5 Å². The van der Waals surface area contributed by atoms with Gasteiger partial charge in [0.25, 0.3) is 0 Å². The SMILES string of the molecule is O=CCc1ccccc1CCOP. The standard InChI is InChI=1S/C10H13O2P/c11-7-5-9-3-1-2-4-10(9)6-8-12-13/h1-4,7H,5-6,8,13H2. The molecule has 3 heteroatoms. The fourth-order valence-corrected chi connectivity index (χ4v) is 1.38. The molecule has 0 bridgehead atoms. The van der Waals surface area contributed by atoms with E-state index in [2.05, 4.69) is 9.47 Å². The van der Waals surface area contributed by atoms with Crippen molar-refractivity contribution in [1.82, 2.24) is 0 Å². The molecule has 1 aromatic rings. The molecule has 0 spiro atoms. The predicted molar refractivity (Wildman–Crippen MR) is 55.6 cm³/mol. The van der Waals surface area contributed by atoms with E-state index in [0.717, 1.165) is 18.3 Å². The summed E-state index contributed by atoms with van der Waals surface area (Å²) in [7, 11) is 2.22. The monoisotopic (exact) mass is 196 g/mol. The third kappa shape index (κ3) is 3.25. The average molecular weight is 196 g/mol. The predicted octanol–water partition coefficient (Wildman–Crippen LogP) is 1.78. The molecule has 0 aliphatic rings. The number of hydrogen-bond acceptors (Lipinski definition) is 2. The molecule has 0 heterocycles. The van der Waals surface area contributed by atoms with Gasteiger partial charge in [-0.1, -0.05) is 24.3 Å². The largest absolute Gasteiger partial charge is 0.365 e. The van der Waals surface area contributed by atoms with Crippen LogP contribution in [0, 0.1) is 0 Å². The molecular formula is C10H13O2P. The average Bonchev–Trinajstić information content (AvgIpc) is 2.17. The Hall–Kier alpha value is -0.720. The van der Waals surface area contributed by atoms with Gasteiger partial charge < -0.3 is 9.32 Å². The molecule has 0 aliphatic carbocycles. The Kier molecular flexibility index (Phi) is 4.66. The van der Waals surface area contributed by atoms with Crippen molar-refractivity contribution in [3.63, 3.8) is 0 Å². The minimum absolute atomic E-state index is 0.493. The Morgan fingerprint density at radius 3 is 2.62 bits per heavy atom. The van der Waals surface area contributed by atoms with E-state index in [1.807, 2.05) is 24.3 Å². The molecular weight excluding hydrogens is 183 g/mol. The van der Waals surface area contributed by atoms with Gasteiger partial charge >= 0.3 is 0 Å². The zero-order valence-corrected chi connectivity index (χ0v) is 8.56. The van der Waals surface area contributed by atoms with E-state index >= 15 is 0 Å². The van der Waals surface area contributed by atoms with Gasteiger partial charge in [0.2, 0.25) is 0 Å². The normalized spacial score (nSPS) is 9.92. The molecule has 0 saturated carbocycles.